The molecule has 1 heterocycles. The number of anilines is 2. The van der Waals surface area contributed by atoms with Crippen molar-refractivity contribution in [3.8, 4) is 0 Å². The van der Waals surface area contributed by atoms with E-state index >= 15 is 0 Å². The standard InChI is InChI=1S/C33H26N2O3/c1-2-19-9-3-8-14-26(19)34-31(36)20-15-17-21(18-16-20)35-32(37)29-27-22-10-4-5-11-23(22)28(30(29)33(35)38)25-13-7-6-12-24(25)27/h3-18,27-30H,2H2,1H3,(H,34,36)/t27?,28?,29-,30+. The van der Waals surface area contributed by atoms with Gasteiger partial charge in [-0.25, -0.2) is 4.90 Å². The van der Waals surface area contributed by atoms with Crippen LogP contribution in [0.1, 0.15) is 56.9 Å². The van der Waals surface area contributed by atoms with E-state index in [2.05, 4.69) is 29.6 Å². The van der Waals surface area contributed by atoms with Gasteiger partial charge in [-0.1, -0.05) is 73.7 Å². The van der Waals surface area contributed by atoms with Gasteiger partial charge in [-0.2, -0.15) is 0 Å². The van der Waals surface area contributed by atoms with Gasteiger partial charge < -0.3 is 5.32 Å². The van der Waals surface area contributed by atoms with Crippen LogP contribution in [0, 0.1) is 11.8 Å². The molecule has 4 aliphatic rings. The lowest BCUT2D eigenvalue weighted by atomic mass is 9.55. The lowest BCUT2D eigenvalue weighted by Gasteiger charge is -2.45. The first-order chi connectivity index (χ1) is 18.6. The number of benzene rings is 4. The molecule has 0 spiro atoms. The number of nitrogens with zero attached hydrogens (tertiary/aromatic N) is 1. The molecule has 1 N–H and O–H groups in total. The predicted octanol–water partition coefficient (Wildman–Crippen LogP) is 5.90. The van der Waals surface area contributed by atoms with E-state index in [0.29, 0.717) is 11.3 Å². The van der Waals surface area contributed by atoms with E-state index < -0.39 is 11.8 Å². The minimum Gasteiger partial charge on any atom is -0.322 e. The second-order valence-electron chi connectivity index (χ2n) is 10.3. The molecule has 8 rings (SSSR count). The average molecular weight is 499 g/mol. The van der Waals surface area contributed by atoms with Crippen LogP contribution in [-0.4, -0.2) is 17.7 Å². The third kappa shape index (κ3) is 3.14. The van der Waals surface area contributed by atoms with Crippen LogP contribution >= 0.6 is 0 Å². The molecule has 0 saturated carbocycles. The van der Waals surface area contributed by atoms with E-state index in [-0.39, 0.29) is 29.6 Å². The van der Waals surface area contributed by atoms with Gasteiger partial charge in [0.25, 0.3) is 5.91 Å². The van der Waals surface area contributed by atoms with E-state index in [9.17, 15) is 14.4 Å². The molecule has 5 nitrogen and oxygen atoms in total. The first-order valence-electron chi connectivity index (χ1n) is 13.1. The van der Waals surface area contributed by atoms with Crippen molar-refractivity contribution in [1.29, 1.82) is 0 Å². The van der Waals surface area contributed by atoms with Crippen molar-refractivity contribution in [2.24, 2.45) is 11.8 Å². The van der Waals surface area contributed by atoms with Crippen LogP contribution in [0.25, 0.3) is 0 Å². The molecule has 186 valence electrons. The fourth-order valence-electron chi connectivity index (χ4n) is 6.84. The number of carbonyl (C=O) groups is 3. The zero-order valence-electron chi connectivity index (χ0n) is 20.9. The molecule has 0 aromatic heterocycles. The van der Waals surface area contributed by atoms with Gasteiger partial charge in [0.2, 0.25) is 11.8 Å². The highest BCUT2D eigenvalue weighted by Crippen LogP contribution is 2.61. The van der Waals surface area contributed by atoms with Crippen molar-refractivity contribution >= 4 is 29.1 Å². The zero-order valence-corrected chi connectivity index (χ0v) is 20.9. The Kier molecular flexibility index (Phi) is 5.08. The van der Waals surface area contributed by atoms with Gasteiger partial charge in [0.15, 0.2) is 0 Å². The maximum atomic E-state index is 13.9. The van der Waals surface area contributed by atoms with Crippen molar-refractivity contribution in [3.63, 3.8) is 0 Å². The highest BCUT2D eigenvalue weighted by Gasteiger charge is 2.61. The van der Waals surface area contributed by atoms with Gasteiger partial charge >= 0.3 is 0 Å². The molecule has 38 heavy (non-hydrogen) atoms. The fraction of sp³-hybridized carbons (Fsp3) is 0.182. The van der Waals surface area contributed by atoms with Gasteiger partial charge in [-0.05, 0) is 64.6 Å². The molecule has 5 heteroatoms. The molecule has 1 fully saturated rings. The summed E-state index contributed by atoms with van der Waals surface area (Å²) >= 11 is 0. The summed E-state index contributed by atoms with van der Waals surface area (Å²) in [6, 6.07) is 31.0. The molecule has 2 atom stereocenters. The first-order valence-corrected chi connectivity index (χ1v) is 13.1. The van der Waals surface area contributed by atoms with E-state index in [1.165, 1.54) is 4.90 Å². The summed E-state index contributed by atoms with van der Waals surface area (Å²) in [6.45, 7) is 2.05. The topological polar surface area (TPSA) is 66.5 Å². The van der Waals surface area contributed by atoms with Gasteiger partial charge in [-0.15, -0.1) is 0 Å². The lowest BCUT2D eigenvalue weighted by Crippen LogP contribution is -2.41. The number of hydrogen-bond donors (Lipinski definition) is 1. The predicted molar refractivity (Wildman–Crippen MR) is 146 cm³/mol. The number of amides is 3. The summed E-state index contributed by atoms with van der Waals surface area (Å²) in [5.74, 6) is -1.67. The quantitative estimate of drug-likeness (QED) is 0.357. The van der Waals surface area contributed by atoms with Crippen molar-refractivity contribution in [2.45, 2.75) is 25.2 Å². The highest BCUT2D eigenvalue weighted by molar-refractivity contribution is 6.23. The van der Waals surface area contributed by atoms with Gasteiger partial charge in [0.1, 0.15) is 0 Å². The molecule has 1 saturated heterocycles. The molecular weight excluding hydrogens is 472 g/mol. The Labute approximate surface area is 221 Å². The number of aryl methyl sites for hydroxylation is 1. The van der Waals surface area contributed by atoms with E-state index in [4.69, 9.17) is 0 Å². The average Bonchev–Trinajstić information content (AvgIpc) is 3.23. The number of carbonyl (C=O) groups excluding carboxylic acids is 3. The Morgan fingerprint density at radius 2 is 1.16 bits per heavy atom. The van der Waals surface area contributed by atoms with Crippen molar-refractivity contribution in [1.82, 2.24) is 0 Å². The SMILES string of the molecule is CCc1ccccc1NC(=O)c1ccc(N2C(=O)[C@@H]3C4c5ccccc5C(c5ccccc54)[C@@H]3C2=O)cc1. The van der Waals surface area contributed by atoms with Gasteiger partial charge in [0, 0.05) is 23.1 Å². The maximum absolute atomic E-state index is 13.9. The lowest BCUT2D eigenvalue weighted by molar-refractivity contribution is -0.122. The van der Waals surface area contributed by atoms with Crippen LogP contribution in [0.5, 0.6) is 0 Å². The van der Waals surface area contributed by atoms with Crippen molar-refractivity contribution in [2.75, 3.05) is 10.2 Å². The molecule has 4 aromatic rings. The molecule has 1 aliphatic heterocycles. The highest BCUT2D eigenvalue weighted by atomic mass is 16.2. The number of para-hydroxylation sites is 1. The molecule has 3 aliphatic carbocycles. The molecule has 0 unspecified atom stereocenters. The number of imide groups is 1. The first kappa shape index (κ1) is 22.7. The van der Waals surface area contributed by atoms with E-state index in [1.54, 1.807) is 24.3 Å². The summed E-state index contributed by atoms with van der Waals surface area (Å²) in [5.41, 5.74) is 7.43. The Morgan fingerprint density at radius 3 is 1.66 bits per heavy atom. The number of rotatable bonds is 4. The third-order valence-corrected chi connectivity index (χ3v) is 8.48. The second kappa shape index (κ2) is 8.52. The van der Waals surface area contributed by atoms with Crippen LogP contribution in [0.2, 0.25) is 0 Å². The van der Waals surface area contributed by atoms with Crippen LogP contribution in [0.4, 0.5) is 11.4 Å². The minimum absolute atomic E-state index is 0.137. The molecule has 2 bridgehead atoms. The Balaban J connectivity index is 1.21. The summed E-state index contributed by atoms with van der Waals surface area (Å²) in [7, 11) is 0. The van der Waals surface area contributed by atoms with Crippen LogP contribution in [0.15, 0.2) is 97.1 Å². The van der Waals surface area contributed by atoms with Crippen molar-refractivity contribution in [3.05, 3.63) is 130 Å². The second-order valence-corrected chi connectivity index (χ2v) is 10.3. The van der Waals surface area contributed by atoms with Gasteiger partial charge in [0.05, 0.1) is 17.5 Å². The Bertz CT molecular complexity index is 1510. The third-order valence-electron chi connectivity index (χ3n) is 8.48. The normalized spacial score (nSPS) is 22.6. The summed E-state index contributed by atoms with van der Waals surface area (Å²) in [5, 5.41) is 2.98. The number of hydrogen-bond acceptors (Lipinski definition) is 3. The van der Waals surface area contributed by atoms with Crippen LogP contribution < -0.4 is 10.2 Å². The van der Waals surface area contributed by atoms with Crippen LogP contribution in [0.3, 0.4) is 0 Å². The monoisotopic (exact) mass is 498 g/mol. The van der Waals surface area contributed by atoms with E-state index in [0.717, 1.165) is 39.9 Å². The minimum atomic E-state index is -0.425. The fourth-order valence-corrected chi connectivity index (χ4v) is 6.84. The maximum Gasteiger partial charge on any atom is 0.255 e. The number of nitrogens with one attached hydrogen (secondary N) is 1. The van der Waals surface area contributed by atoms with Crippen molar-refractivity contribution < 1.29 is 14.4 Å². The summed E-state index contributed by atoms with van der Waals surface area (Å²) in [6.07, 6.45) is 0.812. The molecule has 0 radical (unpaired) electrons. The molecule has 3 amide bonds. The Morgan fingerprint density at radius 1 is 0.684 bits per heavy atom. The largest absolute Gasteiger partial charge is 0.322 e. The van der Waals surface area contributed by atoms with E-state index in [1.807, 2.05) is 55.5 Å². The molecular formula is C33H26N2O3. The molecule has 4 aromatic carbocycles. The summed E-state index contributed by atoms with van der Waals surface area (Å²) in [4.78, 5) is 42.1. The van der Waals surface area contributed by atoms with Crippen LogP contribution in [-0.2, 0) is 16.0 Å². The zero-order chi connectivity index (χ0) is 26.0. The Hall–Kier alpha value is -4.51. The smallest absolute Gasteiger partial charge is 0.255 e. The van der Waals surface area contributed by atoms with Gasteiger partial charge in [-0.3, -0.25) is 14.4 Å². The summed E-state index contributed by atoms with van der Waals surface area (Å²) < 4.78 is 0.